The van der Waals surface area contributed by atoms with Crippen LogP contribution in [-0.4, -0.2) is 38.5 Å². The highest BCUT2D eigenvalue weighted by atomic mass is 32.2. The summed E-state index contributed by atoms with van der Waals surface area (Å²) in [5, 5.41) is 9.47. The molecule has 3 rings (SSSR count). The largest absolute Gasteiger partial charge is 0.481 e. The quantitative estimate of drug-likeness (QED) is 0.817. The fraction of sp³-hybridized carbons (Fsp3) is 0.263. The van der Waals surface area contributed by atoms with Gasteiger partial charge in [-0.3, -0.25) is 9.59 Å². The molecule has 0 bridgehead atoms. The molecule has 1 heterocycles. The van der Waals surface area contributed by atoms with Gasteiger partial charge in [0.05, 0.1) is 4.90 Å². The molecule has 8 heteroatoms. The Morgan fingerprint density at radius 3 is 2.59 bits per heavy atom. The highest BCUT2D eigenvalue weighted by Gasteiger charge is 2.37. The van der Waals surface area contributed by atoms with E-state index in [9.17, 15) is 23.1 Å². The minimum Gasteiger partial charge on any atom is -0.481 e. The van der Waals surface area contributed by atoms with Gasteiger partial charge < -0.3 is 10.0 Å². The first-order valence-electron chi connectivity index (χ1n) is 8.50. The topological polar surface area (TPSA) is 104 Å². The Bertz CT molecular complexity index is 1020. The molecule has 1 aliphatic heterocycles. The van der Waals surface area contributed by atoms with Crippen molar-refractivity contribution in [3.63, 3.8) is 0 Å². The van der Waals surface area contributed by atoms with Gasteiger partial charge in [-0.05, 0) is 36.2 Å². The lowest BCUT2D eigenvalue weighted by molar-refractivity contribution is -0.138. The van der Waals surface area contributed by atoms with Crippen LogP contribution in [0.15, 0.2) is 47.4 Å². The first kappa shape index (κ1) is 19.1. The summed E-state index contributed by atoms with van der Waals surface area (Å²) in [6, 6.07) is 11.2. The smallest absolute Gasteiger partial charge is 0.312 e. The molecule has 0 aliphatic carbocycles. The molecule has 27 heavy (non-hydrogen) atoms. The number of carboxylic acid groups (broad SMARTS) is 1. The van der Waals surface area contributed by atoms with Crippen LogP contribution in [0.4, 0.5) is 5.69 Å². The van der Waals surface area contributed by atoms with E-state index in [0.717, 1.165) is 0 Å². The molecule has 0 fully saturated rings. The van der Waals surface area contributed by atoms with Gasteiger partial charge in [0.25, 0.3) is 5.91 Å². The lowest BCUT2D eigenvalue weighted by Crippen LogP contribution is -2.32. The van der Waals surface area contributed by atoms with Crippen LogP contribution in [0, 0.1) is 6.92 Å². The van der Waals surface area contributed by atoms with Crippen LogP contribution in [0.3, 0.4) is 0 Å². The third kappa shape index (κ3) is 3.45. The van der Waals surface area contributed by atoms with Gasteiger partial charge in [0.2, 0.25) is 10.0 Å². The van der Waals surface area contributed by atoms with E-state index in [-0.39, 0.29) is 23.5 Å². The zero-order valence-electron chi connectivity index (χ0n) is 15.0. The molecule has 0 radical (unpaired) electrons. The number of carbonyl (C=O) groups excluding carboxylic acids is 1. The van der Waals surface area contributed by atoms with Crippen LogP contribution < -0.4 is 9.62 Å². The number of nitrogens with one attached hydrogen (secondary N) is 1. The SMILES string of the molecule is CCNS(=O)(=O)c1ccc(C)c(C(=O)N2CC(C(=O)O)c3ccccc32)c1. The number of fused-ring (bicyclic) bond motifs is 1. The highest BCUT2D eigenvalue weighted by molar-refractivity contribution is 7.89. The molecule has 7 nitrogen and oxygen atoms in total. The lowest BCUT2D eigenvalue weighted by Gasteiger charge is -2.19. The molecule has 0 saturated carbocycles. The number of aryl methyl sites for hydroxylation is 1. The number of para-hydroxylation sites is 1. The second-order valence-electron chi connectivity index (χ2n) is 6.34. The normalized spacial score (nSPS) is 16.2. The monoisotopic (exact) mass is 388 g/mol. The van der Waals surface area contributed by atoms with Crippen molar-refractivity contribution in [1.29, 1.82) is 0 Å². The second kappa shape index (κ2) is 7.13. The molecule has 2 aromatic carbocycles. The molecule has 142 valence electrons. The van der Waals surface area contributed by atoms with Crippen LogP contribution in [-0.2, 0) is 14.8 Å². The number of anilines is 1. The predicted molar refractivity (Wildman–Crippen MR) is 101 cm³/mol. The molecule has 2 N–H and O–H groups in total. The summed E-state index contributed by atoms with van der Waals surface area (Å²) in [5.41, 5.74) is 1.96. The van der Waals surface area contributed by atoms with Crippen LogP contribution in [0.2, 0.25) is 0 Å². The molecular weight excluding hydrogens is 368 g/mol. The standard InChI is InChI=1S/C19H20N2O5S/c1-3-20-27(25,26)13-9-8-12(2)15(10-13)18(22)21-11-16(19(23)24)14-6-4-5-7-17(14)21/h4-10,16,20H,3,11H2,1-2H3,(H,23,24). The van der Waals surface area contributed by atoms with Crippen molar-refractivity contribution in [3.05, 3.63) is 59.2 Å². The van der Waals surface area contributed by atoms with Gasteiger partial charge in [0.15, 0.2) is 0 Å². The molecule has 1 atom stereocenters. The van der Waals surface area contributed by atoms with Gasteiger partial charge in [0, 0.05) is 24.3 Å². The number of carboxylic acids is 1. The second-order valence-corrected chi connectivity index (χ2v) is 8.11. The van der Waals surface area contributed by atoms with E-state index in [4.69, 9.17) is 0 Å². The number of hydrogen-bond donors (Lipinski definition) is 2. The Labute approximate surface area is 157 Å². The fourth-order valence-corrected chi connectivity index (χ4v) is 4.30. The number of nitrogens with zero attached hydrogens (tertiary/aromatic N) is 1. The van der Waals surface area contributed by atoms with Gasteiger partial charge in [-0.15, -0.1) is 0 Å². The zero-order chi connectivity index (χ0) is 19.8. The summed E-state index contributed by atoms with van der Waals surface area (Å²) < 4.78 is 26.9. The Morgan fingerprint density at radius 1 is 1.22 bits per heavy atom. The molecule has 0 aromatic heterocycles. The van der Waals surface area contributed by atoms with Crippen LogP contribution >= 0.6 is 0 Å². The number of rotatable bonds is 5. The summed E-state index contributed by atoms with van der Waals surface area (Å²) in [5.74, 6) is -2.23. The Kier molecular flexibility index (Phi) is 5.03. The number of amides is 1. The first-order chi connectivity index (χ1) is 12.8. The highest BCUT2D eigenvalue weighted by Crippen LogP contribution is 2.37. The summed E-state index contributed by atoms with van der Waals surface area (Å²) in [6.45, 7) is 3.63. The average Bonchev–Trinajstić information content (AvgIpc) is 3.01. The van der Waals surface area contributed by atoms with Gasteiger partial charge in [0.1, 0.15) is 5.92 Å². The van der Waals surface area contributed by atoms with Crippen LogP contribution in [0.25, 0.3) is 0 Å². The molecule has 2 aromatic rings. The molecule has 0 spiro atoms. The molecule has 0 saturated heterocycles. The lowest BCUT2D eigenvalue weighted by atomic mass is 10.0. The average molecular weight is 388 g/mol. The van der Waals surface area contributed by atoms with Crippen molar-refractivity contribution in [2.75, 3.05) is 18.0 Å². The Balaban J connectivity index is 2.03. The fourth-order valence-electron chi connectivity index (χ4n) is 3.23. The number of carbonyl (C=O) groups is 2. The summed E-state index contributed by atoms with van der Waals surface area (Å²) in [4.78, 5) is 26.1. The number of aliphatic carboxylic acids is 1. The maximum atomic E-state index is 13.2. The number of sulfonamides is 1. The van der Waals surface area contributed by atoms with E-state index >= 15 is 0 Å². The van der Waals surface area contributed by atoms with Crippen molar-refractivity contribution in [2.24, 2.45) is 0 Å². The van der Waals surface area contributed by atoms with E-state index in [1.165, 1.54) is 17.0 Å². The van der Waals surface area contributed by atoms with Crippen molar-refractivity contribution in [3.8, 4) is 0 Å². The summed E-state index contributed by atoms with van der Waals surface area (Å²) in [6.07, 6.45) is 0. The van der Waals surface area contributed by atoms with Crippen molar-refractivity contribution in [1.82, 2.24) is 4.72 Å². The van der Waals surface area contributed by atoms with E-state index < -0.39 is 27.8 Å². The van der Waals surface area contributed by atoms with Crippen LogP contribution in [0.1, 0.15) is 34.3 Å². The Morgan fingerprint density at radius 2 is 1.93 bits per heavy atom. The van der Waals surface area contributed by atoms with Gasteiger partial charge >= 0.3 is 5.97 Å². The van der Waals surface area contributed by atoms with E-state index in [1.54, 1.807) is 44.2 Å². The predicted octanol–water partition coefficient (Wildman–Crippen LogP) is 2.12. The zero-order valence-corrected chi connectivity index (χ0v) is 15.8. The van der Waals surface area contributed by atoms with Gasteiger partial charge in [-0.1, -0.05) is 31.2 Å². The maximum absolute atomic E-state index is 13.2. The van der Waals surface area contributed by atoms with E-state index in [1.807, 2.05) is 0 Å². The molecule has 1 amide bonds. The summed E-state index contributed by atoms with van der Waals surface area (Å²) in [7, 11) is -3.71. The molecular formula is C19H20N2O5S. The maximum Gasteiger partial charge on any atom is 0.312 e. The van der Waals surface area contributed by atoms with Crippen molar-refractivity contribution >= 4 is 27.6 Å². The third-order valence-electron chi connectivity index (χ3n) is 4.60. The number of hydrogen-bond acceptors (Lipinski definition) is 4. The third-order valence-corrected chi connectivity index (χ3v) is 6.14. The summed E-state index contributed by atoms with van der Waals surface area (Å²) >= 11 is 0. The van der Waals surface area contributed by atoms with Gasteiger partial charge in [-0.25, -0.2) is 13.1 Å². The number of benzene rings is 2. The van der Waals surface area contributed by atoms with Gasteiger partial charge in [-0.2, -0.15) is 0 Å². The van der Waals surface area contributed by atoms with Crippen molar-refractivity contribution < 1.29 is 23.1 Å². The van der Waals surface area contributed by atoms with Crippen LogP contribution in [0.5, 0.6) is 0 Å². The minimum atomic E-state index is -3.71. The van der Waals surface area contributed by atoms with E-state index in [0.29, 0.717) is 16.8 Å². The Hall–Kier alpha value is -2.71. The minimum absolute atomic E-state index is 0.000525. The molecule has 1 aliphatic rings. The van der Waals surface area contributed by atoms with Crippen molar-refractivity contribution in [2.45, 2.75) is 24.7 Å². The first-order valence-corrected chi connectivity index (χ1v) is 9.98. The molecule has 1 unspecified atom stereocenters. The van der Waals surface area contributed by atoms with E-state index in [2.05, 4.69) is 4.72 Å².